The lowest BCUT2D eigenvalue weighted by Gasteiger charge is -2.09. The topological polar surface area (TPSA) is 108 Å². The van der Waals surface area contributed by atoms with Crippen molar-refractivity contribution in [3.05, 3.63) is 48.0 Å². The van der Waals surface area contributed by atoms with Crippen LogP contribution >= 0.6 is 0 Å². The number of hydrogen-bond acceptors (Lipinski definition) is 4. The van der Waals surface area contributed by atoms with Gasteiger partial charge in [0, 0.05) is 24.0 Å². The van der Waals surface area contributed by atoms with Crippen molar-refractivity contribution in [3.63, 3.8) is 0 Å². The number of benzene rings is 2. The molecule has 7 nitrogen and oxygen atoms in total. The Morgan fingerprint density at radius 2 is 1.38 bits per heavy atom. The lowest BCUT2D eigenvalue weighted by Crippen LogP contribution is -2.29. The second-order valence-corrected chi connectivity index (χ2v) is 5.17. The molecule has 0 saturated carbocycles. The van der Waals surface area contributed by atoms with Crippen molar-refractivity contribution in [2.45, 2.75) is 13.8 Å². The zero-order valence-electron chi connectivity index (χ0n) is 13.2. The van der Waals surface area contributed by atoms with E-state index in [2.05, 4.69) is 16.0 Å². The van der Waals surface area contributed by atoms with Gasteiger partial charge in [0.15, 0.2) is 0 Å². The Hall–Kier alpha value is -3.35. The van der Waals surface area contributed by atoms with E-state index in [1.807, 2.05) is 0 Å². The van der Waals surface area contributed by atoms with Crippen molar-refractivity contribution in [1.82, 2.24) is 0 Å². The highest BCUT2D eigenvalue weighted by Crippen LogP contribution is 2.20. The minimum atomic E-state index is -0.824. The second kappa shape index (κ2) is 7.28. The number of amides is 3. The number of carbonyl (C=O) groups excluding carboxylic acids is 3. The fourth-order valence-electron chi connectivity index (χ4n) is 2.00. The predicted molar refractivity (Wildman–Crippen MR) is 90.8 cm³/mol. The number of nitrogens with one attached hydrogen (secondary N) is 3. The van der Waals surface area contributed by atoms with Gasteiger partial charge in [-0.15, -0.1) is 0 Å². The minimum Gasteiger partial charge on any atom is -0.508 e. The molecule has 4 N–H and O–H groups in total. The van der Waals surface area contributed by atoms with E-state index in [0.29, 0.717) is 22.6 Å². The lowest BCUT2D eigenvalue weighted by atomic mass is 10.2. The van der Waals surface area contributed by atoms with Crippen molar-refractivity contribution in [3.8, 4) is 5.75 Å². The lowest BCUT2D eigenvalue weighted by molar-refractivity contribution is -0.133. The Morgan fingerprint density at radius 3 is 1.92 bits per heavy atom. The summed E-state index contributed by atoms with van der Waals surface area (Å²) in [5, 5.41) is 16.9. The summed E-state index contributed by atoms with van der Waals surface area (Å²) in [6, 6.07) is 10.8. The van der Waals surface area contributed by atoms with E-state index in [9.17, 15) is 19.5 Å². The summed E-state index contributed by atoms with van der Waals surface area (Å²) in [7, 11) is 0. The number of aryl methyl sites for hydroxylation is 1. The maximum absolute atomic E-state index is 11.9. The molecule has 2 aromatic rings. The zero-order valence-corrected chi connectivity index (χ0v) is 13.2. The highest BCUT2D eigenvalue weighted by Gasteiger charge is 2.15. The van der Waals surface area contributed by atoms with E-state index in [0.717, 1.165) is 0 Å². The van der Waals surface area contributed by atoms with Gasteiger partial charge in [0.2, 0.25) is 5.91 Å². The highest BCUT2D eigenvalue weighted by atomic mass is 16.3. The number of anilines is 3. The number of hydrogen-bond donors (Lipinski definition) is 4. The summed E-state index contributed by atoms with van der Waals surface area (Å²) in [5.74, 6) is -1.77. The van der Waals surface area contributed by atoms with Gasteiger partial charge in [0.05, 0.1) is 0 Å². The molecule has 2 rings (SSSR count). The molecule has 0 aliphatic rings. The predicted octanol–water partition coefficient (Wildman–Crippen LogP) is 2.24. The van der Waals surface area contributed by atoms with E-state index in [-0.39, 0.29) is 11.7 Å². The molecule has 0 radical (unpaired) electrons. The standard InChI is InChI=1S/C17H17N3O4/c1-10-9-14(22)7-8-15(10)20-17(24)16(23)19-13-5-3-12(4-6-13)18-11(2)21/h3-9,22H,1-2H3,(H,18,21)(H,19,23)(H,20,24). The first kappa shape index (κ1) is 17.0. The van der Waals surface area contributed by atoms with Crippen molar-refractivity contribution in [1.29, 1.82) is 0 Å². The Labute approximate surface area is 138 Å². The second-order valence-electron chi connectivity index (χ2n) is 5.17. The van der Waals surface area contributed by atoms with Gasteiger partial charge in [-0.05, 0) is 55.0 Å². The molecule has 2 aromatic carbocycles. The van der Waals surface area contributed by atoms with Gasteiger partial charge in [0.25, 0.3) is 0 Å². The largest absolute Gasteiger partial charge is 0.508 e. The van der Waals surface area contributed by atoms with Gasteiger partial charge in [-0.2, -0.15) is 0 Å². The average Bonchev–Trinajstić information content (AvgIpc) is 2.51. The highest BCUT2D eigenvalue weighted by molar-refractivity contribution is 6.43. The average molecular weight is 327 g/mol. The van der Waals surface area contributed by atoms with Gasteiger partial charge in [0.1, 0.15) is 5.75 Å². The van der Waals surface area contributed by atoms with E-state index in [1.165, 1.54) is 25.1 Å². The van der Waals surface area contributed by atoms with Crippen LogP contribution in [0.1, 0.15) is 12.5 Å². The Kier molecular flexibility index (Phi) is 5.16. The van der Waals surface area contributed by atoms with Crippen LogP contribution in [-0.4, -0.2) is 22.8 Å². The first-order valence-corrected chi connectivity index (χ1v) is 7.15. The SMILES string of the molecule is CC(=O)Nc1ccc(NC(=O)C(=O)Nc2ccc(O)cc2C)cc1. The third-order valence-corrected chi connectivity index (χ3v) is 3.13. The van der Waals surface area contributed by atoms with E-state index >= 15 is 0 Å². The molecule has 0 saturated heterocycles. The third kappa shape index (κ3) is 4.57. The molecule has 0 fully saturated rings. The van der Waals surface area contributed by atoms with Gasteiger partial charge in [-0.3, -0.25) is 14.4 Å². The van der Waals surface area contributed by atoms with Crippen LogP contribution in [0.3, 0.4) is 0 Å². The molecular formula is C17H17N3O4. The number of rotatable bonds is 3. The van der Waals surface area contributed by atoms with Crippen LogP contribution < -0.4 is 16.0 Å². The Morgan fingerprint density at radius 1 is 0.833 bits per heavy atom. The van der Waals surface area contributed by atoms with Gasteiger partial charge in [-0.1, -0.05) is 0 Å². The summed E-state index contributed by atoms with van der Waals surface area (Å²) < 4.78 is 0. The van der Waals surface area contributed by atoms with Crippen LogP contribution in [0.15, 0.2) is 42.5 Å². The van der Waals surface area contributed by atoms with Crippen molar-refractivity contribution < 1.29 is 19.5 Å². The fraction of sp³-hybridized carbons (Fsp3) is 0.118. The quantitative estimate of drug-likeness (QED) is 0.512. The van der Waals surface area contributed by atoms with Crippen molar-refractivity contribution >= 4 is 34.8 Å². The minimum absolute atomic E-state index is 0.0780. The molecule has 0 spiro atoms. The molecule has 0 aliphatic carbocycles. The smallest absolute Gasteiger partial charge is 0.314 e. The molecule has 0 unspecified atom stereocenters. The molecule has 24 heavy (non-hydrogen) atoms. The summed E-state index contributed by atoms with van der Waals surface area (Å²) in [6.07, 6.45) is 0. The van der Waals surface area contributed by atoms with Gasteiger partial charge >= 0.3 is 11.8 Å². The zero-order chi connectivity index (χ0) is 17.7. The molecule has 0 heterocycles. The maximum atomic E-state index is 11.9. The summed E-state index contributed by atoms with van der Waals surface area (Å²) >= 11 is 0. The van der Waals surface area contributed by atoms with Crippen LogP contribution in [0.2, 0.25) is 0 Å². The normalized spacial score (nSPS) is 9.92. The van der Waals surface area contributed by atoms with Gasteiger partial charge in [-0.25, -0.2) is 0 Å². The summed E-state index contributed by atoms with van der Waals surface area (Å²) in [4.78, 5) is 34.8. The van der Waals surface area contributed by atoms with E-state index in [1.54, 1.807) is 31.2 Å². The Balaban J connectivity index is 1.98. The van der Waals surface area contributed by atoms with E-state index in [4.69, 9.17) is 0 Å². The maximum Gasteiger partial charge on any atom is 0.314 e. The number of phenols is 1. The monoisotopic (exact) mass is 327 g/mol. The van der Waals surface area contributed by atoms with Crippen LogP contribution in [-0.2, 0) is 14.4 Å². The van der Waals surface area contributed by atoms with Gasteiger partial charge < -0.3 is 21.1 Å². The first-order chi connectivity index (χ1) is 11.3. The molecule has 0 atom stereocenters. The van der Waals surface area contributed by atoms with Crippen LogP contribution in [0.4, 0.5) is 17.1 Å². The third-order valence-electron chi connectivity index (χ3n) is 3.13. The first-order valence-electron chi connectivity index (χ1n) is 7.15. The summed E-state index contributed by atoms with van der Waals surface area (Å²) in [6.45, 7) is 3.10. The molecule has 3 amide bonds. The number of carbonyl (C=O) groups is 3. The van der Waals surface area contributed by atoms with E-state index < -0.39 is 11.8 Å². The van der Waals surface area contributed by atoms with Crippen LogP contribution in [0.5, 0.6) is 5.75 Å². The summed E-state index contributed by atoms with van der Waals surface area (Å²) in [5.41, 5.74) is 2.08. The van der Waals surface area contributed by atoms with Crippen molar-refractivity contribution in [2.24, 2.45) is 0 Å². The molecule has 0 aliphatic heterocycles. The molecule has 0 aromatic heterocycles. The molecule has 124 valence electrons. The molecule has 0 bridgehead atoms. The van der Waals surface area contributed by atoms with Crippen LogP contribution in [0.25, 0.3) is 0 Å². The fourth-order valence-corrected chi connectivity index (χ4v) is 2.00. The Bertz CT molecular complexity index is 785. The molecule has 7 heteroatoms. The number of phenolic OH excluding ortho intramolecular Hbond substituents is 1. The van der Waals surface area contributed by atoms with Crippen LogP contribution in [0, 0.1) is 6.92 Å². The van der Waals surface area contributed by atoms with Crippen molar-refractivity contribution in [2.75, 3.05) is 16.0 Å². The molecular weight excluding hydrogens is 310 g/mol. The number of aromatic hydroxyl groups is 1.